The second-order valence-corrected chi connectivity index (χ2v) is 3.89. The van der Waals surface area contributed by atoms with Crippen LogP contribution in [-0.4, -0.2) is 25.0 Å². The Bertz CT molecular complexity index is 598. The molecule has 2 rings (SSSR count). The number of anilines is 1. The minimum atomic E-state index is -0.872. The molecule has 0 aromatic heterocycles. The van der Waals surface area contributed by atoms with Crippen molar-refractivity contribution in [3.63, 3.8) is 0 Å². The topological polar surface area (TPSA) is 64.6 Å². The Hall–Kier alpha value is -2.44. The van der Waals surface area contributed by atoms with Crippen LogP contribution in [0.4, 0.5) is 14.5 Å². The van der Waals surface area contributed by atoms with Gasteiger partial charge in [0.15, 0.2) is 12.2 Å². The van der Waals surface area contributed by atoms with Gasteiger partial charge in [-0.25, -0.2) is 13.6 Å². The highest BCUT2D eigenvalue weighted by Gasteiger charge is 2.32. The minimum Gasteiger partial charge on any atom is -0.470 e. The van der Waals surface area contributed by atoms with Gasteiger partial charge < -0.3 is 14.8 Å². The monoisotopic (exact) mass is 283 g/mol. The maximum atomic E-state index is 13.5. The van der Waals surface area contributed by atoms with Gasteiger partial charge in [0.2, 0.25) is 11.7 Å². The highest BCUT2D eigenvalue weighted by molar-refractivity contribution is 6.19. The van der Waals surface area contributed by atoms with Crippen LogP contribution >= 0.6 is 0 Å². The van der Waals surface area contributed by atoms with Gasteiger partial charge >= 0.3 is 5.97 Å². The van der Waals surface area contributed by atoms with Crippen LogP contribution in [0.3, 0.4) is 0 Å². The number of carbonyl (C=O) groups excluding carboxylic acids is 2. The largest absolute Gasteiger partial charge is 0.470 e. The molecule has 5 nitrogen and oxygen atoms in total. The Labute approximate surface area is 113 Å². The fourth-order valence-electron chi connectivity index (χ4n) is 1.63. The third kappa shape index (κ3) is 2.76. The van der Waals surface area contributed by atoms with Crippen LogP contribution < -0.4 is 5.32 Å². The molecule has 0 aliphatic carbocycles. The average Bonchev–Trinajstić information content (AvgIpc) is 2.74. The van der Waals surface area contributed by atoms with E-state index in [1.54, 1.807) is 6.92 Å². The predicted molar refractivity (Wildman–Crippen MR) is 64.6 cm³/mol. The summed E-state index contributed by atoms with van der Waals surface area (Å²) in [5.41, 5.74) is -0.423. The number of benzene rings is 1. The fourth-order valence-corrected chi connectivity index (χ4v) is 1.63. The number of carbonyl (C=O) groups is 2. The predicted octanol–water partition coefficient (Wildman–Crippen LogP) is 1.75. The zero-order valence-electron chi connectivity index (χ0n) is 10.5. The molecule has 0 atom stereocenters. The van der Waals surface area contributed by atoms with E-state index in [9.17, 15) is 18.4 Å². The van der Waals surface area contributed by atoms with Crippen LogP contribution in [0.15, 0.2) is 29.7 Å². The van der Waals surface area contributed by atoms with E-state index in [1.165, 1.54) is 0 Å². The number of ether oxygens (including phenoxy) is 2. The molecule has 0 fully saturated rings. The third-order valence-corrected chi connectivity index (χ3v) is 2.51. The molecule has 0 spiro atoms. The van der Waals surface area contributed by atoms with Crippen LogP contribution in [0.25, 0.3) is 0 Å². The van der Waals surface area contributed by atoms with E-state index >= 15 is 0 Å². The first-order chi connectivity index (χ1) is 9.52. The van der Waals surface area contributed by atoms with Crippen molar-refractivity contribution in [3.8, 4) is 0 Å². The van der Waals surface area contributed by atoms with E-state index in [4.69, 9.17) is 9.47 Å². The molecule has 7 heteroatoms. The number of Topliss-reactive ketones (excluding diaryl/α,β-unsaturated/α-hetero) is 1. The van der Waals surface area contributed by atoms with Crippen molar-refractivity contribution in [2.24, 2.45) is 0 Å². The summed E-state index contributed by atoms with van der Waals surface area (Å²) in [7, 11) is 0. The summed E-state index contributed by atoms with van der Waals surface area (Å²) >= 11 is 0. The van der Waals surface area contributed by atoms with Crippen molar-refractivity contribution < 1.29 is 27.8 Å². The molecule has 0 unspecified atom stereocenters. The maximum absolute atomic E-state index is 13.5. The first-order valence-corrected chi connectivity index (χ1v) is 5.82. The van der Waals surface area contributed by atoms with Gasteiger partial charge in [-0.05, 0) is 19.1 Å². The molecule has 1 N–H and O–H groups in total. The van der Waals surface area contributed by atoms with Gasteiger partial charge in [0, 0.05) is 6.07 Å². The number of rotatable bonds is 4. The van der Waals surface area contributed by atoms with E-state index in [0.717, 1.165) is 12.1 Å². The van der Waals surface area contributed by atoms with Crippen LogP contribution in [0, 0.1) is 11.6 Å². The smallest absolute Gasteiger partial charge is 0.347 e. The third-order valence-electron chi connectivity index (χ3n) is 2.51. The maximum Gasteiger partial charge on any atom is 0.347 e. The van der Waals surface area contributed by atoms with Gasteiger partial charge in [-0.1, -0.05) is 0 Å². The van der Waals surface area contributed by atoms with Gasteiger partial charge in [-0.15, -0.1) is 0 Å². The molecule has 0 bridgehead atoms. The van der Waals surface area contributed by atoms with Crippen molar-refractivity contribution in [2.75, 3.05) is 18.5 Å². The Morgan fingerprint density at radius 3 is 2.85 bits per heavy atom. The summed E-state index contributed by atoms with van der Waals surface area (Å²) < 4.78 is 36.0. The first-order valence-electron chi connectivity index (χ1n) is 5.82. The van der Waals surface area contributed by atoms with Gasteiger partial charge in [-0.2, -0.15) is 0 Å². The Balaban J connectivity index is 2.29. The zero-order chi connectivity index (χ0) is 14.7. The summed E-state index contributed by atoms with van der Waals surface area (Å²) in [5.74, 6) is -3.22. The van der Waals surface area contributed by atoms with E-state index in [0.29, 0.717) is 6.07 Å². The van der Waals surface area contributed by atoms with Crippen molar-refractivity contribution >= 4 is 17.4 Å². The van der Waals surface area contributed by atoms with Crippen molar-refractivity contribution in [1.29, 1.82) is 0 Å². The lowest BCUT2D eigenvalue weighted by Crippen LogP contribution is -2.16. The van der Waals surface area contributed by atoms with Crippen LogP contribution in [0.2, 0.25) is 0 Å². The van der Waals surface area contributed by atoms with Crippen molar-refractivity contribution in [1.82, 2.24) is 0 Å². The number of ketones is 1. The van der Waals surface area contributed by atoms with Gasteiger partial charge in [0.05, 0.1) is 12.3 Å². The SMILES string of the molecule is CCOC(=O)C1=C(Nc2ccc(F)cc2F)OCC1=O. The van der Waals surface area contributed by atoms with Crippen molar-refractivity contribution in [3.05, 3.63) is 41.3 Å². The molecule has 0 radical (unpaired) electrons. The highest BCUT2D eigenvalue weighted by Crippen LogP contribution is 2.23. The summed E-state index contributed by atoms with van der Waals surface area (Å²) in [6.07, 6.45) is 0. The van der Waals surface area contributed by atoms with Crippen molar-refractivity contribution in [2.45, 2.75) is 6.92 Å². The number of hydrogen-bond donors (Lipinski definition) is 1. The second kappa shape index (κ2) is 5.68. The van der Waals surface area contributed by atoms with Crippen LogP contribution in [-0.2, 0) is 19.1 Å². The molecule has 1 aliphatic rings. The lowest BCUT2D eigenvalue weighted by molar-refractivity contribution is -0.139. The average molecular weight is 283 g/mol. The molecule has 1 aliphatic heterocycles. The van der Waals surface area contributed by atoms with E-state index in [1.807, 2.05) is 0 Å². The van der Waals surface area contributed by atoms with Gasteiger partial charge in [0.1, 0.15) is 11.6 Å². The lowest BCUT2D eigenvalue weighted by atomic mass is 10.2. The molecule has 1 heterocycles. The van der Waals surface area contributed by atoms with E-state index < -0.39 is 23.4 Å². The van der Waals surface area contributed by atoms with E-state index in [-0.39, 0.29) is 30.4 Å². The molecule has 1 aromatic carbocycles. The Morgan fingerprint density at radius 1 is 1.45 bits per heavy atom. The molecule has 0 saturated heterocycles. The molecule has 0 saturated carbocycles. The lowest BCUT2D eigenvalue weighted by Gasteiger charge is -2.09. The zero-order valence-corrected chi connectivity index (χ0v) is 10.5. The quantitative estimate of drug-likeness (QED) is 0.673. The Morgan fingerprint density at radius 2 is 2.20 bits per heavy atom. The summed E-state index contributed by atoms with van der Waals surface area (Å²) in [5, 5.41) is 2.45. The molecule has 106 valence electrons. The molecular weight excluding hydrogens is 272 g/mol. The molecule has 20 heavy (non-hydrogen) atoms. The fraction of sp³-hybridized carbons (Fsp3) is 0.231. The minimum absolute atomic E-state index is 0.0911. The van der Waals surface area contributed by atoms with Gasteiger partial charge in [0.25, 0.3) is 0 Å². The summed E-state index contributed by atoms with van der Waals surface area (Å²) in [6, 6.07) is 2.84. The number of esters is 1. The first kappa shape index (κ1) is 14.0. The number of halogens is 2. The second-order valence-electron chi connectivity index (χ2n) is 3.89. The van der Waals surface area contributed by atoms with Crippen LogP contribution in [0.5, 0.6) is 0 Å². The molecule has 1 aromatic rings. The van der Waals surface area contributed by atoms with Gasteiger partial charge in [-0.3, -0.25) is 4.79 Å². The number of hydrogen-bond acceptors (Lipinski definition) is 5. The number of nitrogens with one attached hydrogen (secondary N) is 1. The normalized spacial score (nSPS) is 14.2. The highest BCUT2D eigenvalue weighted by atomic mass is 19.1. The van der Waals surface area contributed by atoms with E-state index in [2.05, 4.69) is 5.32 Å². The summed E-state index contributed by atoms with van der Waals surface area (Å²) in [4.78, 5) is 23.2. The standard InChI is InChI=1S/C13H11F2NO4/c1-2-19-13(18)11-10(17)6-20-12(11)16-9-4-3-7(14)5-8(9)15/h3-5,16H,2,6H2,1H3. The summed E-state index contributed by atoms with van der Waals surface area (Å²) in [6.45, 7) is 1.35. The Kier molecular flexibility index (Phi) is 3.97. The molecule has 0 amide bonds. The molecular formula is C13H11F2NO4. The van der Waals surface area contributed by atoms with Crippen LogP contribution in [0.1, 0.15) is 6.92 Å².